The van der Waals surface area contributed by atoms with Crippen molar-refractivity contribution in [3.8, 4) is 5.75 Å². The summed E-state index contributed by atoms with van der Waals surface area (Å²) in [6.45, 7) is 0.461. The van der Waals surface area contributed by atoms with Crippen molar-refractivity contribution < 1.29 is 19.2 Å². The van der Waals surface area contributed by atoms with Gasteiger partial charge in [-0.3, -0.25) is 14.4 Å². The van der Waals surface area contributed by atoms with E-state index in [1.807, 2.05) is 97.1 Å². The van der Waals surface area contributed by atoms with Crippen molar-refractivity contribution in [3.63, 3.8) is 0 Å². The molecular formula is C30H23BrN2O4. The van der Waals surface area contributed by atoms with Crippen LogP contribution in [0.4, 0.5) is 11.4 Å². The predicted octanol–water partition coefficient (Wildman–Crippen LogP) is 6.08. The van der Waals surface area contributed by atoms with Crippen molar-refractivity contribution in [2.75, 3.05) is 9.96 Å². The lowest BCUT2D eigenvalue weighted by Gasteiger charge is -2.28. The predicted molar refractivity (Wildman–Crippen MR) is 144 cm³/mol. The van der Waals surface area contributed by atoms with E-state index < -0.39 is 18.1 Å². The molecule has 184 valence electrons. The summed E-state index contributed by atoms with van der Waals surface area (Å²) >= 11 is 3.41. The van der Waals surface area contributed by atoms with Gasteiger partial charge in [-0.05, 0) is 59.7 Å². The number of benzene rings is 4. The smallest absolute Gasteiger partial charge is 0.266 e. The number of halogens is 1. The van der Waals surface area contributed by atoms with Gasteiger partial charge >= 0.3 is 0 Å². The van der Waals surface area contributed by atoms with Crippen molar-refractivity contribution in [3.05, 3.63) is 125 Å². The largest absolute Gasteiger partial charge is 0.489 e. The molecule has 0 aromatic heterocycles. The Morgan fingerprint density at radius 3 is 2.05 bits per heavy atom. The fourth-order valence-corrected chi connectivity index (χ4v) is 5.16. The van der Waals surface area contributed by atoms with E-state index in [1.54, 1.807) is 17.2 Å². The Bertz CT molecular complexity index is 1410. The zero-order valence-corrected chi connectivity index (χ0v) is 21.3. The highest BCUT2D eigenvalue weighted by atomic mass is 79.9. The van der Waals surface area contributed by atoms with E-state index in [0.717, 1.165) is 27.0 Å². The average molecular weight is 555 g/mol. The number of anilines is 2. The lowest BCUT2D eigenvalue weighted by Crippen LogP contribution is -2.37. The SMILES string of the molecule is O=C1C2ON(c3ccccc3)C(c3ccc(OCc4ccccc4)cc3)C2C(=O)N1c1ccc(Br)cc1. The Hall–Kier alpha value is -3.94. The van der Waals surface area contributed by atoms with E-state index in [9.17, 15) is 9.59 Å². The molecule has 0 radical (unpaired) electrons. The maximum absolute atomic E-state index is 13.7. The van der Waals surface area contributed by atoms with E-state index >= 15 is 0 Å². The van der Waals surface area contributed by atoms with Crippen LogP contribution in [0.5, 0.6) is 5.75 Å². The molecule has 2 aliphatic heterocycles. The lowest BCUT2D eigenvalue weighted by atomic mass is 9.90. The van der Waals surface area contributed by atoms with Crippen LogP contribution in [0.2, 0.25) is 0 Å². The van der Waals surface area contributed by atoms with E-state index in [-0.39, 0.29) is 11.8 Å². The van der Waals surface area contributed by atoms with Gasteiger partial charge < -0.3 is 4.74 Å². The third-order valence-corrected chi connectivity index (χ3v) is 7.21. The van der Waals surface area contributed by atoms with E-state index in [4.69, 9.17) is 9.57 Å². The molecule has 6 rings (SSSR count). The number of imide groups is 1. The summed E-state index contributed by atoms with van der Waals surface area (Å²) in [7, 11) is 0. The first-order valence-corrected chi connectivity index (χ1v) is 12.8. The third kappa shape index (κ3) is 4.41. The van der Waals surface area contributed by atoms with Gasteiger partial charge in [-0.2, -0.15) is 0 Å². The quantitative estimate of drug-likeness (QED) is 0.270. The number of nitrogens with zero attached hydrogens (tertiary/aromatic N) is 2. The Morgan fingerprint density at radius 2 is 1.38 bits per heavy atom. The van der Waals surface area contributed by atoms with Gasteiger partial charge in [0.1, 0.15) is 18.3 Å². The maximum Gasteiger partial charge on any atom is 0.266 e. The average Bonchev–Trinajstić information content (AvgIpc) is 3.45. The summed E-state index contributed by atoms with van der Waals surface area (Å²) in [6.07, 6.45) is -0.907. The van der Waals surface area contributed by atoms with Crippen molar-refractivity contribution in [2.45, 2.75) is 18.8 Å². The van der Waals surface area contributed by atoms with Crippen LogP contribution in [0.15, 0.2) is 114 Å². The van der Waals surface area contributed by atoms with Crippen LogP contribution in [0.25, 0.3) is 0 Å². The van der Waals surface area contributed by atoms with Crippen molar-refractivity contribution in [1.29, 1.82) is 0 Å². The molecule has 7 heteroatoms. The number of rotatable bonds is 6. The zero-order valence-electron chi connectivity index (χ0n) is 19.7. The molecular weight excluding hydrogens is 532 g/mol. The number of fused-ring (bicyclic) bond motifs is 1. The summed E-state index contributed by atoms with van der Waals surface area (Å²) in [5.74, 6) is -0.596. The molecule has 3 unspecified atom stereocenters. The molecule has 2 heterocycles. The summed E-state index contributed by atoms with van der Waals surface area (Å²) in [5, 5.41) is 1.70. The monoisotopic (exact) mass is 554 g/mol. The topological polar surface area (TPSA) is 59.1 Å². The van der Waals surface area contributed by atoms with Crippen molar-refractivity contribution >= 4 is 39.1 Å². The van der Waals surface area contributed by atoms with Gasteiger partial charge in [0.2, 0.25) is 5.91 Å². The van der Waals surface area contributed by atoms with Gasteiger partial charge in [-0.25, -0.2) is 9.96 Å². The molecule has 0 N–H and O–H groups in total. The molecule has 6 nitrogen and oxygen atoms in total. The fourth-order valence-electron chi connectivity index (χ4n) is 4.90. The first kappa shape index (κ1) is 23.5. The molecule has 2 saturated heterocycles. The normalized spacial score (nSPS) is 20.8. The second-order valence-electron chi connectivity index (χ2n) is 8.99. The summed E-state index contributed by atoms with van der Waals surface area (Å²) in [4.78, 5) is 34.6. The van der Waals surface area contributed by atoms with Crippen molar-refractivity contribution in [1.82, 2.24) is 0 Å². The molecule has 4 aromatic rings. The molecule has 2 amide bonds. The first-order valence-electron chi connectivity index (χ1n) is 12.0. The standard InChI is InChI=1S/C30H23BrN2O4/c31-22-13-15-23(16-14-22)32-29(34)26-27(33(37-28(26)30(32)35)24-9-5-2-6-10-24)21-11-17-25(18-12-21)36-19-20-7-3-1-4-8-20/h1-18,26-28H,19H2. The highest BCUT2D eigenvalue weighted by molar-refractivity contribution is 9.10. The first-order chi connectivity index (χ1) is 18.1. The second kappa shape index (κ2) is 9.84. The zero-order chi connectivity index (χ0) is 25.4. The molecule has 2 aliphatic rings. The van der Waals surface area contributed by atoms with E-state index in [2.05, 4.69) is 15.9 Å². The molecule has 0 spiro atoms. The van der Waals surface area contributed by atoms with Crippen LogP contribution < -0.4 is 14.7 Å². The Balaban J connectivity index is 1.31. The van der Waals surface area contributed by atoms with Gasteiger partial charge in [0, 0.05) is 4.47 Å². The molecule has 37 heavy (non-hydrogen) atoms. The Labute approximate surface area is 223 Å². The van der Waals surface area contributed by atoms with Crippen LogP contribution in [0.1, 0.15) is 17.2 Å². The molecule has 3 atom stereocenters. The number of carbonyl (C=O) groups is 2. The number of hydrogen-bond acceptors (Lipinski definition) is 5. The lowest BCUT2D eigenvalue weighted by molar-refractivity contribution is -0.126. The number of hydrogen-bond donors (Lipinski definition) is 0. The molecule has 4 aromatic carbocycles. The molecule has 0 saturated carbocycles. The van der Waals surface area contributed by atoms with Gasteiger partial charge in [-0.15, -0.1) is 0 Å². The van der Waals surface area contributed by atoms with Gasteiger partial charge in [0.25, 0.3) is 5.91 Å². The Kier molecular flexibility index (Phi) is 6.24. The number of para-hydroxylation sites is 1. The fraction of sp³-hybridized carbons (Fsp3) is 0.133. The summed E-state index contributed by atoms with van der Waals surface area (Å²) < 4.78 is 6.82. The van der Waals surface area contributed by atoms with Gasteiger partial charge in [-0.1, -0.05) is 76.6 Å². The number of amides is 2. The minimum atomic E-state index is -0.907. The number of carbonyl (C=O) groups excluding carboxylic acids is 2. The second-order valence-corrected chi connectivity index (χ2v) is 9.91. The van der Waals surface area contributed by atoms with Crippen molar-refractivity contribution in [2.24, 2.45) is 5.92 Å². The maximum atomic E-state index is 13.7. The summed E-state index contributed by atoms with van der Waals surface area (Å²) in [5.41, 5.74) is 3.26. The van der Waals surface area contributed by atoms with Gasteiger partial charge in [0.05, 0.1) is 17.4 Å². The molecule has 0 bridgehead atoms. The highest BCUT2D eigenvalue weighted by Gasteiger charge is 2.60. The highest BCUT2D eigenvalue weighted by Crippen LogP contribution is 2.47. The van der Waals surface area contributed by atoms with Crippen LogP contribution in [-0.2, 0) is 21.0 Å². The summed E-state index contributed by atoms with van der Waals surface area (Å²) in [6, 6.07) is 33.8. The number of hydroxylamine groups is 1. The Morgan fingerprint density at radius 1 is 0.730 bits per heavy atom. The number of ether oxygens (including phenoxy) is 1. The minimum absolute atomic E-state index is 0.273. The van der Waals surface area contributed by atoms with E-state index in [0.29, 0.717) is 12.3 Å². The molecule has 0 aliphatic carbocycles. The minimum Gasteiger partial charge on any atom is -0.489 e. The third-order valence-electron chi connectivity index (χ3n) is 6.68. The van der Waals surface area contributed by atoms with E-state index in [1.165, 1.54) is 4.90 Å². The van der Waals surface area contributed by atoms with Crippen LogP contribution in [-0.4, -0.2) is 17.9 Å². The molecule has 2 fully saturated rings. The van der Waals surface area contributed by atoms with Crippen LogP contribution in [0.3, 0.4) is 0 Å². The van der Waals surface area contributed by atoms with Crippen LogP contribution in [0, 0.1) is 5.92 Å². The van der Waals surface area contributed by atoms with Gasteiger partial charge in [0.15, 0.2) is 6.10 Å². The van der Waals surface area contributed by atoms with Crippen LogP contribution >= 0.6 is 15.9 Å².